The smallest absolute Gasteiger partial charge is 0.306 e. The zero-order valence-electron chi connectivity index (χ0n) is 41.4. The molecule has 0 heterocycles. The van der Waals surface area contributed by atoms with Gasteiger partial charge in [0, 0.05) is 44.1 Å². The van der Waals surface area contributed by atoms with E-state index < -0.39 is 18.1 Å². The number of carbonyl (C=O) groups excluding carboxylic acids is 4. The SMILES string of the molecule is CC.COc1ccc(CO[C@@H]2CC(=O)[C@H](C/C=C\CCCC(=O)OCc3ccccc3)[C@H]2C=O)cc1.COc1ccc(CO[C@@H]2C[C@H](O)[C@H](C/C=C\CCCC(=O)OCc3ccccc3)[C@H]2CO)cc1. The molecule has 0 bridgehead atoms. The molecule has 12 heteroatoms. The van der Waals surface area contributed by atoms with Gasteiger partial charge in [-0.2, -0.15) is 0 Å². The number of carbonyl (C=O) groups is 4. The number of benzene rings is 4. The lowest BCUT2D eigenvalue weighted by atomic mass is 9.91. The summed E-state index contributed by atoms with van der Waals surface area (Å²) in [7, 11) is 3.24. The van der Waals surface area contributed by atoms with Gasteiger partial charge in [0.25, 0.3) is 0 Å². The molecule has 2 aliphatic rings. The summed E-state index contributed by atoms with van der Waals surface area (Å²) < 4.78 is 32.9. The first-order chi connectivity index (χ1) is 34.2. The maximum absolute atomic E-state index is 12.5. The van der Waals surface area contributed by atoms with Gasteiger partial charge in [-0.3, -0.25) is 14.4 Å². The van der Waals surface area contributed by atoms with Crippen LogP contribution in [0.5, 0.6) is 11.5 Å². The number of hydrogen-bond donors (Lipinski definition) is 2. The number of aliphatic hydroxyl groups is 2. The Hall–Kier alpha value is -5.92. The number of esters is 2. The van der Waals surface area contributed by atoms with Crippen LogP contribution in [0.25, 0.3) is 0 Å². The molecule has 2 fully saturated rings. The fraction of sp³-hybridized carbons (Fsp3) is 0.448. The van der Waals surface area contributed by atoms with Crippen molar-refractivity contribution in [1.82, 2.24) is 0 Å². The highest BCUT2D eigenvalue weighted by Gasteiger charge is 2.43. The summed E-state index contributed by atoms with van der Waals surface area (Å²) in [5, 5.41) is 20.5. The molecular formula is C58H74O12. The first-order valence-electron chi connectivity index (χ1n) is 24.7. The normalized spacial score (nSPS) is 20.5. The molecule has 0 amide bonds. The molecule has 2 saturated carbocycles. The number of ether oxygens (including phenoxy) is 6. The number of ketones is 1. The Morgan fingerprint density at radius 3 is 1.51 bits per heavy atom. The molecule has 0 spiro atoms. The Labute approximate surface area is 415 Å². The molecule has 2 N–H and O–H groups in total. The number of Topliss-reactive ketones (excluding diaryl/α,β-unsaturated/α-hetero) is 1. The van der Waals surface area contributed by atoms with Crippen LogP contribution in [-0.4, -0.2) is 73.4 Å². The number of methoxy groups -OCH3 is 2. The van der Waals surface area contributed by atoms with E-state index in [0.717, 1.165) is 46.5 Å². The van der Waals surface area contributed by atoms with Crippen LogP contribution in [0.15, 0.2) is 133 Å². The van der Waals surface area contributed by atoms with E-state index in [1.807, 2.05) is 147 Å². The lowest BCUT2D eigenvalue weighted by molar-refractivity contribution is -0.145. The summed E-state index contributed by atoms with van der Waals surface area (Å²) in [5.41, 5.74) is 3.93. The zero-order chi connectivity index (χ0) is 50.4. The molecule has 7 atom stereocenters. The third-order valence-corrected chi connectivity index (χ3v) is 12.4. The van der Waals surface area contributed by atoms with E-state index in [0.29, 0.717) is 71.2 Å². The Morgan fingerprint density at radius 2 is 1.06 bits per heavy atom. The van der Waals surface area contributed by atoms with Gasteiger partial charge < -0.3 is 43.4 Å². The molecule has 0 aromatic heterocycles. The minimum atomic E-state index is -0.504. The molecule has 0 saturated heterocycles. The third kappa shape index (κ3) is 19.8. The monoisotopic (exact) mass is 963 g/mol. The molecular weight excluding hydrogens is 889 g/mol. The number of rotatable bonds is 26. The Balaban J connectivity index is 0.000000294. The van der Waals surface area contributed by atoms with Gasteiger partial charge in [0.05, 0.1) is 51.7 Å². The van der Waals surface area contributed by atoms with E-state index in [-0.39, 0.29) is 61.2 Å². The molecule has 6 rings (SSSR count). The van der Waals surface area contributed by atoms with Gasteiger partial charge in [0.15, 0.2) is 0 Å². The lowest BCUT2D eigenvalue weighted by Crippen LogP contribution is -2.26. The van der Waals surface area contributed by atoms with Crippen LogP contribution in [0.2, 0.25) is 0 Å². The number of aliphatic hydroxyl groups excluding tert-OH is 2. The van der Waals surface area contributed by atoms with Crippen molar-refractivity contribution in [1.29, 1.82) is 0 Å². The lowest BCUT2D eigenvalue weighted by Gasteiger charge is -2.23. The largest absolute Gasteiger partial charge is 0.497 e. The van der Waals surface area contributed by atoms with E-state index >= 15 is 0 Å². The summed E-state index contributed by atoms with van der Waals surface area (Å²) in [6.45, 7) is 5.35. The van der Waals surface area contributed by atoms with Crippen LogP contribution in [0.4, 0.5) is 0 Å². The van der Waals surface area contributed by atoms with Gasteiger partial charge >= 0.3 is 11.9 Å². The van der Waals surface area contributed by atoms with Crippen molar-refractivity contribution in [2.45, 2.75) is 123 Å². The molecule has 2 aliphatic carbocycles. The predicted molar refractivity (Wildman–Crippen MR) is 270 cm³/mol. The second kappa shape index (κ2) is 32.8. The van der Waals surface area contributed by atoms with Gasteiger partial charge in [-0.25, -0.2) is 0 Å². The highest BCUT2D eigenvalue weighted by molar-refractivity contribution is 5.88. The van der Waals surface area contributed by atoms with E-state index in [2.05, 4.69) is 0 Å². The van der Waals surface area contributed by atoms with Crippen molar-refractivity contribution in [3.05, 3.63) is 156 Å². The van der Waals surface area contributed by atoms with Gasteiger partial charge in [0.2, 0.25) is 0 Å². The summed E-state index contributed by atoms with van der Waals surface area (Å²) in [4.78, 5) is 48.0. The highest BCUT2D eigenvalue weighted by atomic mass is 16.5. The molecule has 4 aromatic rings. The van der Waals surface area contributed by atoms with Crippen molar-refractivity contribution in [3.8, 4) is 11.5 Å². The van der Waals surface area contributed by atoms with Gasteiger partial charge in [-0.15, -0.1) is 0 Å². The van der Waals surface area contributed by atoms with Crippen molar-refractivity contribution < 1.29 is 57.8 Å². The average Bonchev–Trinajstić information content (AvgIpc) is 3.89. The Morgan fingerprint density at radius 1 is 0.600 bits per heavy atom. The Kier molecular flexibility index (Phi) is 26.6. The van der Waals surface area contributed by atoms with Crippen molar-refractivity contribution in [3.63, 3.8) is 0 Å². The van der Waals surface area contributed by atoms with Crippen molar-refractivity contribution in [2.24, 2.45) is 23.7 Å². The average molecular weight is 963 g/mol. The second-order valence-corrected chi connectivity index (χ2v) is 17.2. The summed E-state index contributed by atoms with van der Waals surface area (Å²) in [5.74, 6) is 0.260. The predicted octanol–water partition coefficient (Wildman–Crippen LogP) is 10.3. The second-order valence-electron chi connectivity index (χ2n) is 17.2. The maximum atomic E-state index is 12.5. The topological polar surface area (TPSA) is 164 Å². The molecule has 0 aliphatic heterocycles. The fourth-order valence-electron chi connectivity index (χ4n) is 8.46. The number of aldehydes is 1. The number of allylic oxidation sites excluding steroid dienone is 4. The summed E-state index contributed by atoms with van der Waals surface area (Å²) in [6, 6.07) is 34.4. The van der Waals surface area contributed by atoms with Crippen LogP contribution in [0.3, 0.4) is 0 Å². The van der Waals surface area contributed by atoms with Gasteiger partial charge in [-0.1, -0.05) is 123 Å². The third-order valence-electron chi connectivity index (χ3n) is 12.4. The van der Waals surface area contributed by atoms with Crippen LogP contribution in [0.1, 0.15) is 100 Å². The summed E-state index contributed by atoms with van der Waals surface area (Å²) in [6.07, 6.45) is 13.3. The van der Waals surface area contributed by atoms with Gasteiger partial charge in [-0.05, 0) is 91.0 Å². The fourth-order valence-corrected chi connectivity index (χ4v) is 8.46. The first kappa shape index (κ1) is 56.7. The molecule has 12 nitrogen and oxygen atoms in total. The molecule has 70 heavy (non-hydrogen) atoms. The number of hydrogen-bond acceptors (Lipinski definition) is 12. The molecule has 378 valence electrons. The van der Waals surface area contributed by atoms with Crippen molar-refractivity contribution >= 4 is 24.0 Å². The quantitative estimate of drug-likeness (QED) is 0.0265. The van der Waals surface area contributed by atoms with Crippen molar-refractivity contribution in [2.75, 3.05) is 20.8 Å². The molecule has 4 aromatic carbocycles. The minimum Gasteiger partial charge on any atom is -0.497 e. The Bertz CT molecular complexity index is 2140. The van der Waals surface area contributed by atoms with E-state index in [1.165, 1.54) is 0 Å². The van der Waals surface area contributed by atoms with E-state index in [4.69, 9.17) is 28.4 Å². The highest BCUT2D eigenvalue weighted by Crippen LogP contribution is 2.38. The van der Waals surface area contributed by atoms with Crippen LogP contribution in [-0.2, 0) is 64.6 Å². The van der Waals surface area contributed by atoms with E-state index in [1.54, 1.807) is 14.2 Å². The standard InChI is InChI=1S/C28H36O6.C28H32O6.C2H6/c2*1-32-23-15-13-22(14-16-23)19-33-27-17-26(30)24(25(27)18-29)11-7-2-3-8-12-28(31)34-20-21-9-5-4-6-10-21;1-2/h2,4-7,9-10,13-16,24-27,29-30H,3,8,11-12,17-20H2,1H3;2,4-7,9-10,13-16,18,24-25,27H,3,8,11-12,17,19-20H2,1H3;1-2H3/b2*7-2-;/t24-,25-,26+,27-;24-,25-,27-;/m11./s1. The molecule has 0 unspecified atom stereocenters. The zero-order valence-corrected chi connectivity index (χ0v) is 41.4. The van der Waals surface area contributed by atoms with Crippen LogP contribution >= 0.6 is 0 Å². The van der Waals surface area contributed by atoms with Crippen LogP contribution in [0, 0.1) is 23.7 Å². The van der Waals surface area contributed by atoms with Crippen LogP contribution < -0.4 is 9.47 Å². The minimum absolute atomic E-state index is 0.0178. The maximum Gasteiger partial charge on any atom is 0.306 e. The number of unbranched alkanes of at least 4 members (excludes halogenated alkanes) is 2. The molecule has 0 radical (unpaired) electrons. The van der Waals surface area contributed by atoms with E-state index in [9.17, 15) is 29.4 Å². The summed E-state index contributed by atoms with van der Waals surface area (Å²) >= 11 is 0. The first-order valence-corrected chi connectivity index (χ1v) is 24.7. The van der Waals surface area contributed by atoms with Gasteiger partial charge in [0.1, 0.15) is 36.8 Å².